The van der Waals surface area contributed by atoms with E-state index in [1.165, 1.54) is 0 Å². The number of H-pyrrole nitrogens is 1. The van der Waals surface area contributed by atoms with Crippen LogP contribution in [0.25, 0.3) is 10.9 Å². The van der Waals surface area contributed by atoms with Gasteiger partial charge in [-0.2, -0.15) is 0 Å². The molecule has 2 rings (SSSR count). The van der Waals surface area contributed by atoms with Gasteiger partial charge in [0.1, 0.15) is 0 Å². The van der Waals surface area contributed by atoms with Crippen LogP contribution in [0.5, 0.6) is 0 Å². The molecule has 0 amide bonds. The Morgan fingerprint density at radius 1 is 1.35 bits per heavy atom. The number of nitrogens with two attached hydrogens (primary N) is 1. The molecule has 1 aromatic heterocycles. The predicted octanol–water partition coefficient (Wildman–Crippen LogP) is 0.692. The van der Waals surface area contributed by atoms with Gasteiger partial charge in [-0.15, -0.1) is 0 Å². The number of benzene rings is 1. The molecule has 3 N–H and O–H groups in total. The van der Waals surface area contributed by atoms with E-state index in [9.17, 15) is 9.59 Å². The first-order chi connectivity index (χ1) is 8.15. The third-order valence-electron chi connectivity index (χ3n) is 2.55. The highest BCUT2D eigenvalue weighted by Crippen LogP contribution is 2.16. The molecule has 0 aliphatic heterocycles. The van der Waals surface area contributed by atoms with Crippen LogP contribution in [-0.2, 0) is 6.54 Å². The fourth-order valence-electron chi connectivity index (χ4n) is 1.71. The minimum atomic E-state index is -0.432. The van der Waals surface area contributed by atoms with Crippen molar-refractivity contribution >= 4 is 22.5 Å². The van der Waals surface area contributed by atoms with E-state index >= 15 is 0 Å². The maximum atomic E-state index is 12.1. The van der Waals surface area contributed by atoms with Gasteiger partial charge < -0.3 is 10.7 Å². The van der Waals surface area contributed by atoms with Gasteiger partial charge in [-0.1, -0.05) is 17.7 Å². The summed E-state index contributed by atoms with van der Waals surface area (Å²) in [6.07, 6.45) is 0.568. The SMILES string of the molecule is NCCCn1c(=O)[nH]c2cccc(Cl)c2c1=O. The Balaban J connectivity index is 2.74. The third kappa shape index (κ3) is 2.11. The molecule has 0 aliphatic rings. The van der Waals surface area contributed by atoms with Gasteiger partial charge in [0.15, 0.2) is 0 Å². The summed E-state index contributed by atoms with van der Waals surface area (Å²) in [7, 11) is 0. The molecule has 0 unspecified atom stereocenters. The molecule has 1 heterocycles. The Labute approximate surface area is 102 Å². The van der Waals surface area contributed by atoms with E-state index in [-0.39, 0.29) is 5.56 Å². The Kier molecular flexibility index (Phi) is 3.31. The molecule has 0 fully saturated rings. The fraction of sp³-hybridized carbons (Fsp3) is 0.273. The van der Waals surface area contributed by atoms with Gasteiger partial charge >= 0.3 is 5.69 Å². The highest BCUT2D eigenvalue weighted by atomic mass is 35.5. The van der Waals surface area contributed by atoms with Crippen molar-refractivity contribution in [1.82, 2.24) is 9.55 Å². The van der Waals surface area contributed by atoms with Gasteiger partial charge in [0.25, 0.3) is 5.56 Å². The minimum Gasteiger partial charge on any atom is -0.330 e. The van der Waals surface area contributed by atoms with Crippen LogP contribution in [0.2, 0.25) is 5.02 Å². The lowest BCUT2D eigenvalue weighted by Gasteiger charge is -2.06. The quantitative estimate of drug-likeness (QED) is 0.845. The summed E-state index contributed by atoms with van der Waals surface area (Å²) >= 11 is 5.96. The Bertz CT molecular complexity index is 660. The largest absolute Gasteiger partial charge is 0.330 e. The molecule has 0 bridgehead atoms. The minimum absolute atomic E-state index is 0.297. The number of hydrogen-bond donors (Lipinski definition) is 2. The molecule has 0 saturated heterocycles. The zero-order chi connectivity index (χ0) is 12.4. The second kappa shape index (κ2) is 4.73. The molecule has 5 nitrogen and oxygen atoms in total. The monoisotopic (exact) mass is 253 g/mol. The first-order valence-corrected chi connectivity index (χ1v) is 5.64. The van der Waals surface area contributed by atoms with Crippen molar-refractivity contribution in [3.8, 4) is 0 Å². The lowest BCUT2D eigenvalue weighted by atomic mass is 10.2. The summed E-state index contributed by atoms with van der Waals surface area (Å²) in [4.78, 5) is 26.4. The second-order valence-corrected chi connectivity index (χ2v) is 4.10. The highest BCUT2D eigenvalue weighted by molar-refractivity contribution is 6.35. The van der Waals surface area contributed by atoms with Gasteiger partial charge in [-0.05, 0) is 25.1 Å². The maximum Gasteiger partial charge on any atom is 0.328 e. The summed E-state index contributed by atoms with van der Waals surface area (Å²) in [5.41, 5.74) is 5.02. The van der Waals surface area contributed by atoms with Crippen LogP contribution < -0.4 is 17.0 Å². The predicted molar refractivity (Wildman–Crippen MR) is 67.5 cm³/mol. The number of halogens is 1. The number of nitrogens with one attached hydrogen (secondary N) is 1. The molecule has 1 aromatic carbocycles. The number of fused-ring (bicyclic) bond motifs is 1. The zero-order valence-corrected chi connectivity index (χ0v) is 9.83. The second-order valence-electron chi connectivity index (χ2n) is 3.69. The molecule has 0 aliphatic carbocycles. The number of aromatic nitrogens is 2. The molecular formula is C11H12ClN3O2. The van der Waals surface area contributed by atoms with Crippen LogP contribution in [0, 0.1) is 0 Å². The van der Waals surface area contributed by atoms with Crippen molar-refractivity contribution in [2.45, 2.75) is 13.0 Å². The van der Waals surface area contributed by atoms with Gasteiger partial charge in [0, 0.05) is 6.54 Å². The van der Waals surface area contributed by atoms with Crippen molar-refractivity contribution in [2.75, 3.05) is 6.54 Å². The number of hydrogen-bond acceptors (Lipinski definition) is 3. The van der Waals surface area contributed by atoms with Gasteiger partial charge in [-0.3, -0.25) is 9.36 Å². The standard InChI is InChI=1S/C11H12ClN3O2/c12-7-3-1-4-8-9(7)10(16)15(6-2-5-13)11(17)14-8/h1,3-4H,2,5-6,13H2,(H,14,17). The van der Waals surface area contributed by atoms with Crippen LogP contribution >= 0.6 is 11.6 Å². The molecule has 6 heteroatoms. The summed E-state index contributed by atoms with van der Waals surface area (Å²) in [6, 6.07) is 4.96. The third-order valence-corrected chi connectivity index (χ3v) is 2.86. The lowest BCUT2D eigenvalue weighted by molar-refractivity contribution is 0.603. The number of aromatic amines is 1. The average molecular weight is 254 g/mol. The molecular weight excluding hydrogens is 242 g/mol. The summed E-state index contributed by atoms with van der Waals surface area (Å²) in [5, 5.41) is 0.677. The molecule has 0 saturated carbocycles. The van der Waals surface area contributed by atoms with Crippen molar-refractivity contribution < 1.29 is 0 Å². The summed E-state index contributed by atoms with van der Waals surface area (Å²) in [5.74, 6) is 0. The van der Waals surface area contributed by atoms with Crippen LogP contribution in [-0.4, -0.2) is 16.1 Å². The van der Waals surface area contributed by atoms with E-state index in [1.807, 2.05) is 0 Å². The Hall–Kier alpha value is -1.59. The molecule has 90 valence electrons. The first kappa shape index (κ1) is 11.9. The molecule has 2 aromatic rings. The molecule has 17 heavy (non-hydrogen) atoms. The van der Waals surface area contributed by atoms with E-state index in [4.69, 9.17) is 17.3 Å². The van der Waals surface area contributed by atoms with Gasteiger partial charge in [0.05, 0.1) is 15.9 Å². The van der Waals surface area contributed by atoms with Gasteiger partial charge in [-0.25, -0.2) is 4.79 Å². The molecule has 0 radical (unpaired) electrons. The normalized spacial score (nSPS) is 10.9. The molecule has 0 spiro atoms. The molecule has 0 atom stereocenters. The zero-order valence-electron chi connectivity index (χ0n) is 9.07. The summed E-state index contributed by atoms with van der Waals surface area (Å²) < 4.78 is 1.13. The van der Waals surface area contributed by atoms with Crippen molar-refractivity contribution in [2.24, 2.45) is 5.73 Å². The van der Waals surface area contributed by atoms with E-state index in [0.717, 1.165) is 4.57 Å². The average Bonchev–Trinajstić information content (AvgIpc) is 2.28. The van der Waals surface area contributed by atoms with Crippen LogP contribution in [0.1, 0.15) is 6.42 Å². The van der Waals surface area contributed by atoms with Crippen molar-refractivity contribution in [3.63, 3.8) is 0 Å². The van der Waals surface area contributed by atoms with Crippen LogP contribution in [0.3, 0.4) is 0 Å². The maximum absolute atomic E-state index is 12.1. The fourth-order valence-corrected chi connectivity index (χ4v) is 1.96. The first-order valence-electron chi connectivity index (χ1n) is 5.26. The highest BCUT2D eigenvalue weighted by Gasteiger charge is 2.09. The smallest absolute Gasteiger partial charge is 0.328 e. The van der Waals surface area contributed by atoms with Crippen molar-refractivity contribution in [1.29, 1.82) is 0 Å². The number of nitrogens with zero attached hydrogens (tertiary/aromatic N) is 1. The van der Waals surface area contributed by atoms with E-state index < -0.39 is 5.69 Å². The Morgan fingerprint density at radius 2 is 2.12 bits per heavy atom. The van der Waals surface area contributed by atoms with Crippen molar-refractivity contribution in [3.05, 3.63) is 44.1 Å². The summed E-state index contributed by atoms with van der Waals surface area (Å²) in [6.45, 7) is 0.721. The van der Waals surface area contributed by atoms with Crippen LogP contribution in [0.4, 0.5) is 0 Å². The van der Waals surface area contributed by atoms with E-state index in [0.29, 0.717) is 35.4 Å². The van der Waals surface area contributed by atoms with Crippen LogP contribution in [0.15, 0.2) is 27.8 Å². The topological polar surface area (TPSA) is 80.9 Å². The lowest BCUT2D eigenvalue weighted by Crippen LogP contribution is -2.35. The van der Waals surface area contributed by atoms with E-state index in [2.05, 4.69) is 4.98 Å². The number of rotatable bonds is 3. The van der Waals surface area contributed by atoms with Gasteiger partial charge in [0.2, 0.25) is 0 Å². The Morgan fingerprint density at radius 3 is 2.82 bits per heavy atom. The van der Waals surface area contributed by atoms with E-state index in [1.54, 1.807) is 18.2 Å².